The van der Waals surface area contributed by atoms with E-state index in [0.717, 1.165) is 48.4 Å². The van der Waals surface area contributed by atoms with Gasteiger partial charge in [0, 0.05) is 61.7 Å². The van der Waals surface area contributed by atoms with Gasteiger partial charge in [-0.15, -0.1) is 10.2 Å². The molecule has 2 fully saturated rings. The molecule has 1 aliphatic carbocycles. The zero-order chi connectivity index (χ0) is 24.9. The van der Waals surface area contributed by atoms with E-state index in [1.807, 2.05) is 36.4 Å². The van der Waals surface area contributed by atoms with Gasteiger partial charge in [-0.1, -0.05) is 53.8 Å². The lowest BCUT2D eigenvalue weighted by molar-refractivity contribution is -0.117. The van der Waals surface area contributed by atoms with Crippen LogP contribution in [-0.2, 0) is 22.6 Å². The van der Waals surface area contributed by atoms with Gasteiger partial charge in [-0.3, -0.25) is 19.4 Å². The summed E-state index contributed by atoms with van der Waals surface area (Å²) >= 11 is 1.42. The quantitative estimate of drug-likeness (QED) is 0.422. The van der Waals surface area contributed by atoms with Crippen molar-refractivity contribution in [3.8, 4) is 10.6 Å². The monoisotopic (exact) mass is 505 g/mol. The lowest BCUT2D eigenvalue weighted by Crippen LogP contribution is -2.49. The molecule has 8 nitrogen and oxygen atoms in total. The molecule has 1 saturated heterocycles. The van der Waals surface area contributed by atoms with E-state index < -0.39 is 0 Å². The summed E-state index contributed by atoms with van der Waals surface area (Å²) in [6.07, 6.45) is 2.78. The Bertz CT molecular complexity index is 1200. The van der Waals surface area contributed by atoms with Crippen molar-refractivity contribution >= 4 is 28.7 Å². The molecule has 5 rings (SSSR count). The van der Waals surface area contributed by atoms with Crippen LogP contribution in [0, 0.1) is 0 Å². The number of nitrogens with zero attached hydrogens (tertiary/aromatic N) is 4. The molecule has 9 heteroatoms. The van der Waals surface area contributed by atoms with E-state index in [9.17, 15) is 9.59 Å². The topological polar surface area (TPSA) is 87.7 Å². The van der Waals surface area contributed by atoms with Gasteiger partial charge in [-0.05, 0) is 18.9 Å². The average molecular weight is 506 g/mol. The summed E-state index contributed by atoms with van der Waals surface area (Å²) in [6, 6.07) is 15.9. The Hall–Kier alpha value is -2.98. The van der Waals surface area contributed by atoms with Crippen LogP contribution in [0.25, 0.3) is 10.6 Å². The highest BCUT2D eigenvalue weighted by atomic mass is 32.1. The SMILES string of the molecule is COCc1ccc(C(=O)Cc2nnc(-c3ccccc3)s2)cc1NC(=O)CN1CCN(C2CC2)CC1. The molecule has 2 aliphatic rings. The third kappa shape index (κ3) is 6.22. The number of carbonyl (C=O) groups is 2. The average Bonchev–Trinajstić information content (AvgIpc) is 3.64. The number of rotatable bonds is 10. The first kappa shape index (κ1) is 24.7. The summed E-state index contributed by atoms with van der Waals surface area (Å²) in [6.45, 7) is 4.54. The minimum absolute atomic E-state index is 0.0681. The number of ketones is 1. The molecule has 0 spiro atoms. The van der Waals surface area contributed by atoms with E-state index in [0.29, 0.717) is 29.4 Å². The number of ether oxygens (including phenoxy) is 1. The van der Waals surface area contributed by atoms with Crippen molar-refractivity contribution in [3.05, 3.63) is 64.7 Å². The van der Waals surface area contributed by atoms with Crippen LogP contribution in [0.15, 0.2) is 48.5 Å². The Morgan fingerprint density at radius 3 is 2.56 bits per heavy atom. The van der Waals surface area contributed by atoms with Crippen molar-refractivity contribution in [1.82, 2.24) is 20.0 Å². The number of anilines is 1. The number of aromatic nitrogens is 2. The molecule has 1 aromatic heterocycles. The maximum atomic E-state index is 13.1. The van der Waals surface area contributed by atoms with Crippen LogP contribution in [-0.4, -0.2) is 77.6 Å². The third-order valence-electron chi connectivity index (χ3n) is 6.64. The summed E-state index contributed by atoms with van der Waals surface area (Å²) < 4.78 is 5.31. The Morgan fingerprint density at radius 2 is 1.83 bits per heavy atom. The molecule has 1 aliphatic heterocycles. The minimum atomic E-state index is -0.0755. The van der Waals surface area contributed by atoms with Gasteiger partial charge in [0.15, 0.2) is 5.78 Å². The first-order valence-corrected chi connectivity index (χ1v) is 13.2. The van der Waals surface area contributed by atoms with Crippen molar-refractivity contribution < 1.29 is 14.3 Å². The first-order chi connectivity index (χ1) is 17.6. The fraction of sp³-hybridized carbons (Fsp3) is 0.407. The zero-order valence-corrected chi connectivity index (χ0v) is 21.3. The maximum Gasteiger partial charge on any atom is 0.238 e. The van der Waals surface area contributed by atoms with Crippen LogP contribution in [0.1, 0.15) is 33.8 Å². The van der Waals surface area contributed by atoms with Gasteiger partial charge in [0.25, 0.3) is 0 Å². The molecular formula is C27H31N5O3S. The number of hydrogen-bond acceptors (Lipinski definition) is 8. The summed E-state index contributed by atoms with van der Waals surface area (Å²) in [5.74, 6) is -0.144. The summed E-state index contributed by atoms with van der Waals surface area (Å²) in [4.78, 5) is 30.6. The number of carbonyl (C=O) groups excluding carboxylic acids is 2. The molecule has 2 heterocycles. The van der Waals surface area contributed by atoms with Crippen LogP contribution >= 0.6 is 11.3 Å². The van der Waals surface area contributed by atoms with Gasteiger partial charge in [0.05, 0.1) is 19.6 Å². The van der Waals surface area contributed by atoms with Gasteiger partial charge >= 0.3 is 0 Å². The number of benzene rings is 2. The first-order valence-electron chi connectivity index (χ1n) is 12.4. The van der Waals surface area contributed by atoms with Crippen molar-refractivity contribution in [3.63, 3.8) is 0 Å². The Kier molecular flexibility index (Phi) is 7.81. The number of nitrogens with one attached hydrogen (secondary N) is 1. The van der Waals surface area contributed by atoms with E-state index in [4.69, 9.17) is 4.74 Å². The van der Waals surface area contributed by atoms with Gasteiger partial charge in [0.2, 0.25) is 5.91 Å². The largest absolute Gasteiger partial charge is 0.380 e. The molecule has 2 aromatic carbocycles. The highest BCUT2D eigenvalue weighted by molar-refractivity contribution is 7.14. The standard InChI is InChI=1S/C27H31N5O3S/c1-35-18-21-8-7-20(24(33)16-26-29-30-27(36-26)19-5-3-2-4-6-19)15-23(21)28-25(34)17-31-11-13-32(14-12-31)22-9-10-22/h2-8,15,22H,9-14,16-18H2,1H3,(H,28,34). The number of amides is 1. The Morgan fingerprint density at radius 1 is 1.06 bits per heavy atom. The van der Waals surface area contributed by atoms with Crippen LogP contribution in [0.2, 0.25) is 0 Å². The Balaban J connectivity index is 1.22. The van der Waals surface area contributed by atoms with E-state index in [1.54, 1.807) is 19.2 Å². The molecule has 0 unspecified atom stereocenters. The van der Waals surface area contributed by atoms with Crippen LogP contribution in [0.5, 0.6) is 0 Å². The highest BCUT2D eigenvalue weighted by Crippen LogP contribution is 2.28. The lowest BCUT2D eigenvalue weighted by Gasteiger charge is -2.34. The van der Waals surface area contributed by atoms with Crippen LogP contribution < -0.4 is 5.32 Å². The molecule has 0 atom stereocenters. The fourth-order valence-corrected chi connectivity index (χ4v) is 5.37. The lowest BCUT2D eigenvalue weighted by atomic mass is 10.0. The second kappa shape index (κ2) is 11.4. The number of methoxy groups -OCH3 is 1. The number of piperazine rings is 1. The van der Waals surface area contributed by atoms with Crippen molar-refractivity contribution in [2.24, 2.45) is 0 Å². The van der Waals surface area contributed by atoms with Gasteiger partial charge < -0.3 is 10.1 Å². The summed E-state index contributed by atoms with van der Waals surface area (Å²) in [7, 11) is 1.61. The molecule has 1 N–H and O–H groups in total. The van der Waals surface area contributed by atoms with Gasteiger partial charge in [0.1, 0.15) is 10.0 Å². The van der Waals surface area contributed by atoms with E-state index in [2.05, 4.69) is 25.3 Å². The molecule has 36 heavy (non-hydrogen) atoms. The van der Waals surface area contributed by atoms with E-state index >= 15 is 0 Å². The summed E-state index contributed by atoms with van der Waals surface area (Å²) in [5.41, 5.74) is 2.96. The molecule has 1 amide bonds. The Labute approximate surface area is 215 Å². The number of Topliss-reactive ketones (excluding diaryl/α,β-unsaturated/α-hetero) is 1. The fourth-order valence-electron chi connectivity index (χ4n) is 4.53. The normalized spacial score (nSPS) is 16.7. The molecule has 188 valence electrons. The third-order valence-corrected chi connectivity index (χ3v) is 7.61. The highest BCUT2D eigenvalue weighted by Gasteiger charge is 2.31. The van der Waals surface area contributed by atoms with E-state index in [1.165, 1.54) is 24.2 Å². The zero-order valence-electron chi connectivity index (χ0n) is 20.5. The molecule has 0 radical (unpaired) electrons. The van der Waals surface area contributed by atoms with Crippen LogP contribution in [0.4, 0.5) is 5.69 Å². The summed E-state index contributed by atoms with van der Waals surface area (Å²) in [5, 5.41) is 12.9. The minimum Gasteiger partial charge on any atom is -0.380 e. The van der Waals surface area contributed by atoms with Gasteiger partial charge in [-0.2, -0.15) is 0 Å². The van der Waals surface area contributed by atoms with Crippen molar-refractivity contribution in [1.29, 1.82) is 0 Å². The van der Waals surface area contributed by atoms with Crippen molar-refractivity contribution in [2.45, 2.75) is 31.9 Å². The second-order valence-corrected chi connectivity index (χ2v) is 10.4. The maximum absolute atomic E-state index is 13.1. The predicted octanol–water partition coefficient (Wildman–Crippen LogP) is 3.50. The smallest absolute Gasteiger partial charge is 0.238 e. The number of hydrogen-bond donors (Lipinski definition) is 1. The predicted molar refractivity (Wildman–Crippen MR) is 140 cm³/mol. The van der Waals surface area contributed by atoms with Gasteiger partial charge in [-0.25, -0.2) is 0 Å². The molecule has 1 saturated carbocycles. The second-order valence-electron chi connectivity index (χ2n) is 9.36. The molecular weight excluding hydrogens is 474 g/mol. The van der Waals surface area contributed by atoms with Crippen LogP contribution in [0.3, 0.4) is 0 Å². The molecule has 3 aromatic rings. The molecule has 0 bridgehead atoms. The van der Waals surface area contributed by atoms with Crippen molar-refractivity contribution in [2.75, 3.05) is 45.2 Å². The van der Waals surface area contributed by atoms with E-state index in [-0.39, 0.29) is 18.1 Å².